The van der Waals surface area contributed by atoms with Crippen LogP contribution < -0.4 is 26.6 Å². The van der Waals surface area contributed by atoms with Crippen LogP contribution in [0.2, 0.25) is 0 Å². The van der Waals surface area contributed by atoms with Crippen LogP contribution in [0.25, 0.3) is 0 Å². The van der Waals surface area contributed by atoms with E-state index in [1.54, 1.807) is 44.2 Å². The summed E-state index contributed by atoms with van der Waals surface area (Å²) in [6.45, 7) is 3.22. The van der Waals surface area contributed by atoms with Gasteiger partial charge in [-0.05, 0) is 79.1 Å². The number of amides is 1. The minimum absolute atomic E-state index is 0.00769. The summed E-state index contributed by atoms with van der Waals surface area (Å²) in [5, 5.41) is 9.92. The summed E-state index contributed by atoms with van der Waals surface area (Å²) >= 11 is 0. The van der Waals surface area contributed by atoms with Gasteiger partial charge in [0.15, 0.2) is 0 Å². The van der Waals surface area contributed by atoms with Crippen LogP contribution in [0.4, 0.5) is 24.5 Å². The number of carbonyl (C=O) groups excluding carboxylic acids is 1. The van der Waals surface area contributed by atoms with Gasteiger partial charge in [0.1, 0.15) is 11.6 Å². The highest BCUT2D eigenvalue weighted by atomic mass is 19.4. The molecule has 3 aromatic carbocycles. The van der Waals surface area contributed by atoms with Gasteiger partial charge in [0.05, 0.1) is 12.8 Å². The summed E-state index contributed by atoms with van der Waals surface area (Å²) in [6.07, 6.45) is -5.07. The number of carbonyl (C=O) groups is 1. The summed E-state index contributed by atoms with van der Waals surface area (Å²) in [4.78, 5) is 13.4. The van der Waals surface area contributed by atoms with Crippen LogP contribution in [-0.2, 0) is 10.3 Å². The number of hydrogen-bond donors (Lipinski definition) is 5. The lowest BCUT2D eigenvalue weighted by Crippen LogP contribution is -2.60. The van der Waals surface area contributed by atoms with Gasteiger partial charge in [-0.25, -0.2) is 0 Å². The van der Waals surface area contributed by atoms with Gasteiger partial charge in [-0.2, -0.15) is 13.2 Å². The Morgan fingerprint density at radius 3 is 2.00 bits per heavy atom. The molecule has 184 valence electrons. The lowest BCUT2D eigenvalue weighted by molar-refractivity contribution is -0.188. The van der Waals surface area contributed by atoms with Crippen molar-refractivity contribution in [1.82, 2.24) is 5.43 Å². The molecule has 0 heterocycles. The Balaban J connectivity index is 2.15. The number of nitrogens with two attached hydrogens (primary N) is 1. The number of aryl methyl sites for hydroxylation is 2. The quantitative estimate of drug-likeness (QED) is 0.182. The maximum Gasteiger partial charge on any atom is 0.425 e. The third kappa shape index (κ3) is 5.16. The first kappa shape index (κ1) is 25.4. The summed E-state index contributed by atoms with van der Waals surface area (Å²) in [6, 6.07) is 16.3. The van der Waals surface area contributed by atoms with Crippen molar-refractivity contribution < 1.29 is 22.7 Å². The molecule has 0 fully saturated rings. The van der Waals surface area contributed by atoms with Crippen molar-refractivity contribution in [3.05, 3.63) is 89.0 Å². The highest BCUT2D eigenvalue weighted by Crippen LogP contribution is 2.44. The number of anilines is 2. The topological polar surface area (TPSA) is 112 Å². The zero-order chi connectivity index (χ0) is 25.8. The molecule has 35 heavy (non-hydrogen) atoms. The van der Waals surface area contributed by atoms with Gasteiger partial charge in [-0.3, -0.25) is 21.1 Å². The van der Waals surface area contributed by atoms with Crippen molar-refractivity contribution >= 4 is 23.1 Å². The second-order valence-electron chi connectivity index (χ2n) is 7.95. The van der Waals surface area contributed by atoms with Crippen LogP contribution in [0, 0.1) is 19.3 Å². The summed E-state index contributed by atoms with van der Waals surface area (Å²) in [5.41, 5.74) is 8.34. The van der Waals surface area contributed by atoms with Crippen LogP contribution in [0.1, 0.15) is 22.3 Å². The summed E-state index contributed by atoms with van der Waals surface area (Å²) < 4.78 is 50.1. The van der Waals surface area contributed by atoms with Crippen LogP contribution in [-0.4, -0.2) is 25.0 Å². The fourth-order valence-corrected chi connectivity index (χ4v) is 3.81. The molecular weight excluding hydrogens is 459 g/mol. The molecule has 0 radical (unpaired) electrons. The Morgan fingerprint density at radius 1 is 0.943 bits per heavy atom. The van der Waals surface area contributed by atoms with Crippen molar-refractivity contribution in [1.29, 1.82) is 5.41 Å². The van der Waals surface area contributed by atoms with E-state index in [4.69, 9.17) is 15.9 Å². The fraction of sp³-hybridized carbons (Fsp3) is 0.200. The van der Waals surface area contributed by atoms with E-state index < -0.39 is 17.6 Å². The largest absolute Gasteiger partial charge is 0.496 e. The summed E-state index contributed by atoms with van der Waals surface area (Å²) in [5.74, 6) is -1.17. The second-order valence-corrected chi connectivity index (χ2v) is 7.95. The molecule has 6 N–H and O–H groups in total. The molecule has 0 saturated heterocycles. The first-order valence-corrected chi connectivity index (χ1v) is 10.6. The molecule has 0 spiro atoms. The fourth-order valence-electron chi connectivity index (χ4n) is 3.81. The third-order valence-corrected chi connectivity index (χ3v) is 5.49. The average molecular weight is 486 g/mol. The average Bonchev–Trinajstić information content (AvgIpc) is 2.81. The highest BCUT2D eigenvalue weighted by molar-refractivity contribution is 5.96. The molecule has 0 aromatic heterocycles. The number of benzene rings is 3. The molecule has 1 atom stereocenters. The normalized spacial score (nSPS) is 12.9. The number of hydrogen-bond acceptors (Lipinski definition) is 5. The molecule has 0 saturated carbocycles. The number of para-hydroxylation sites is 1. The van der Waals surface area contributed by atoms with Crippen molar-refractivity contribution in [3.8, 4) is 5.75 Å². The predicted octanol–water partition coefficient (Wildman–Crippen LogP) is 4.61. The summed E-state index contributed by atoms with van der Waals surface area (Å²) in [7, 11) is 1.43. The van der Waals surface area contributed by atoms with Crippen molar-refractivity contribution in [2.45, 2.75) is 25.6 Å². The highest BCUT2D eigenvalue weighted by Gasteiger charge is 2.62. The zero-order valence-corrected chi connectivity index (χ0v) is 19.4. The van der Waals surface area contributed by atoms with Crippen LogP contribution in [0.15, 0.2) is 66.7 Å². The molecule has 3 aromatic rings. The molecule has 0 aliphatic carbocycles. The van der Waals surface area contributed by atoms with Gasteiger partial charge >= 0.3 is 6.18 Å². The minimum Gasteiger partial charge on any atom is -0.496 e. The standard InChI is InChI=1S/C25H26F3N5O2/c1-15-13-18(14-16(2)21(15)35-3)24(25(26,27)28,23(34)33-32-20-7-5-4-6-8-20)31-19-11-9-17(10-12-19)22(29)30/h4-14,31-32H,1-3H3,(H3,29,30)(H,33,34). The van der Waals surface area contributed by atoms with Gasteiger partial charge in [-0.1, -0.05) is 18.2 Å². The smallest absolute Gasteiger partial charge is 0.425 e. The number of nitrogens with one attached hydrogen (secondary N) is 4. The van der Waals surface area contributed by atoms with Crippen LogP contribution in [0.5, 0.6) is 5.75 Å². The monoisotopic (exact) mass is 485 g/mol. The maximum atomic E-state index is 14.9. The van der Waals surface area contributed by atoms with Crippen molar-refractivity contribution in [2.24, 2.45) is 5.73 Å². The number of alkyl halides is 3. The molecule has 0 aliphatic heterocycles. The van der Waals surface area contributed by atoms with Crippen LogP contribution >= 0.6 is 0 Å². The number of ether oxygens (including phenoxy) is 1. The maximum absolute atomic E-state index is 14.9. The van der Waals surface area contributed by atoms with Crippen molar-refractivity contribution in [3.63, 3.8) is 0 Å². The number of halogens is 3. The van der Waals surface area contributed by atoms with Gasteiger partial charge in [0.25, 0.3) is 5.91 Å². The van der Waals surface area contributed by atoms with Gasteiger partial charge in [-0.15, -0.1) is 0 Å². The number of amidine groups is 1. The van der Waals surface area contributed by atoms with E-state index in [0.29, 0.717) is 28.1 Å². The molecule has 0 aliphatic rings. The molecular formula is C25H26F3N5O2. The van der Waals surface area contributed by atoms with Gasteiger partial charge in [0.2, 0.25) is 5.54 Å². The lowest BCUT2D eigenvalue weighted by atomic mass is 9.85. The molecule has 1 amide bonds. The van der Waals surface area contributed by atoms with E-state index in [-0.39, 0.29) is 17.1 Å². The first-order chi connectivity index (χ1) is 16.5. The number of rotatable bonds is 8. The number of hydrazine groups is 1. The third-order valence-electron chi connectivity index (χ3n) is 5.49. The number of methoxy groups -OCH3 is 1. The Bertz CT molecular complexity index is 1190. The Morgan fingerprint density at radius 2 is 1.51 bits per heavy atom. The Labute approximate surface area is 201 Å². The van der Waals surface area contributed by atoms with E-state index in [0.717, 1.165) is 0 Å². The molecule has 0 bridgehead atoms. The van der Waals surface area contributed by atoms with Gasteiger partial charge < -0.3 is 15.8 Å². The second kappa shape index (κ2) is 9.96. The minimum atomic E-state index is -5.07. The van der Waals surface area contributed by atoms with E-state index in [9.17, 15) is 18.0 Å². The number of nitrogen functional groups attached to an aromatic ring is 1. The predicted molar refractivity (Wildman–Crippen MR) is 129 cm³/mol. The van der Waals surface area contributed by atoms with E-state index in [2.05, 4.69) is 16.2 Å². The van der Waals surface area contributed by atoms with E-state index in [1.807, 2.05) is 0 Å². The Hall–Kier alpha value is -4.21. The SMILES string of the molecule is COc1c(C)cc(C(Nc2ccc(C(=N)N)cc2)(C(=O)NNc2ccccc2)C(F)(F)F)cc1C. The molecule has 3 rings (SSSR count). The molecule has 7 nitrogen and oxygen atoms in total. The lowest BCUT2D eigenvalue weighted by Gasteiger charge is -2.37. The zero-order valence-electron chi connectivity index (χ0n) is 19.4. The first-order valence-electron chi connectivity index (χ1n) is 10.6. The Kier molecular flexibility index (Phi) is 7.23. The van der Waals surface area contributed by atoms with Crippen LogP contribution in [0.3, 0.4) is 0 Å². The van der Waals surface area contributed by atoms with Crippen molar-refractivity contribution in [2.75, 3.05) is 17.9 Å². The molecule has 10 heteroatoms. The van der Waals surface area contributed by atoms with E-state index >= 15 is 0 Å². The van der Waals surface area contributed by atoms with Gasteiger partial charge in [0, 0.05) is 11.3 Å². The van der Waals surface area contributed by atoms with E-state index in [1.165, 1.54) is 43.5 Å². The molecule has 1 unspecified atom stereocenters.